The van der Waals surface area contributed by atoms with Crippen LogP contribution in [0.1, 0.15) is 85.5 Å². The average Bonchev–Trinajstić information content (AvgIpc) is 2.91. The lowest BCUT2D eigenvalue weighted by Gasteiger charge is -2.28. The molecular formula is C18H37N. The van der Waals surface area contributed by atoms with Gasteiger partial charge < -0.3 is 5.32 Å². The zero-order valence-electron chi connectivity index (χ0n) is 13.9. The van der Waals surface area contributed by atoms with E-state index in [9.17, 15) is 0 Å². The van der Waals surface area contributed by atoms with Crippen LogP contribution in [0.4, 0.5) is 0 Å². The van der Waals surface area contributed by atoms with Crippen molar-refractivity contribution in [1.82, 2.24) is 5.32 Å². The molecule has 4 atom stereocenters. The minimum Gasteiger partial charge on any atom is -0.314 e. The molecule has 0 aromatic heterocycles. The lowest BCUT2D eigenvalue weighted by Crippen LogP contribution is -2.37. The quantitative estimate of drug-likeness (QED) is 0.559. The summed E-state index contributed by atoms with van der Waals surface area (Å²) in [5.41, 5.74) is 0. The molecule has 1 aliphatic rings. The van der Waals surface area contributed by atoms with E-state index in [1.54, 1.807) is 0 Å². The van der Waals surface area contributed by atoms with Crippen molar-refractivity contribution in [3.63, 3.8) is 0 Å². The normalized spacial score (nSPS) is 26.5. The molecule has 1 heteroatoms. The Bertz CT molecular complexity index is 214. The van der Waals surface area contributed by atoms with Gasteiger partial charge in [-0.25, -0.2) is 0 Å². The van der Waals surface area contributed by atoms with Gasteiger partial charge in [-0.2, -0.15) is 0 Å². The summed E-state index contributed by atoms with van der Waals surface area (Å²) in [5, 5.41) is 3.81. The van der Waals surface area contributed by atoms with Gasteiger partial charge >= 0.3 is 0 Å². The van der Waals surface area contributed by atoms with Crippen LogP contribution in [0.2, 0.25) is 0 Å². The zero-order chi connectivity index (χ0) is 14.1. The molecule has 1 N–H and O–H groups in total. The van der Waals surface area contributed by atoms with Crippen LogP contribution in [-0.4, -0.2) is 12.6 Å². The maximum Gasteiger partial charge on any atom is 0.00979 e. The largest absolute Gasteiger partial charge is 0.314 e. The van der Waals surface area contributed by atoms with Crippen molar-refractivity contribution in [3.8, 4) is 0 Å². The Kier molecular flexibility index (Phi) is 8.77. The van der Waals surface area contributed by atoms with E-state index in [0.29, 0.717) is 0 Å². The molecular weight excluding hydrogens is 230 g/mol. The molecule has 0 radical (unpaired) electrons. The smallest absolute Gasteiger partial charge is 0.00979 e. The minimum absolute atomic E-state index is 0.795. The lowest BCUT2D eigenvalue weighted by molar-refractivity contribution is 0.275. The zero-order valence-corrected chi connectivity index (χ0v) is 13.9. The molecule has 0 aromatic carbocycles. The monoisotopic (exact) mass is 267 g/mol. The standard InChI is InChI=1S/C18H37N/c1-5-9-10-15(6-2)14-18(19-8-4)17-12-11-16(7-3)13-17/h15-19H,5-14H2,1-4H3. The molecule has 0 amide bonds. The summed E-state index contributed by atoms with van der Waals surface area (Å²) in [6, 6.07) is 0.795. The Morgan fingerprint density at radius 1 is 1.11 bits per heavy atom. The van der Waals surface area contributed by atoms with Crippen LogP contribution in [0, 0.1) is 17.8 Å². The second kappa shape index (κ2) is 9.80. The molecule has 0 aromatic rings. The van der Waals surface area contributed by atoms with Crippen LogP contribution in [0.25, 0.3) is 0 Å². The summed E-state index contributed by atoms with van der Waals surface area (Å²) in [5.74, 6) is 2.92. The van der Waals surface area contributed by atoms with Crippen LogP contribution in [0.5, 0.6) is 0 Å². The number of hydrogen-bond acceptors (Lipinski definition) is 1. The predicted molar refractivity (Wildman–Crippen MR) is 86.5 cm³/mol. The summed E-state index contributed by atoms with van der Waals surface area (Å²) in [7, 11) is 0. The topological polar surface area (TPSA) is 12.0 Å². The van der Waals surface area contributed by atoms with Gasteiger partial charge in [0, 0.05) is 6.04 Å². The van der Waals surface area contributed by atoms with Gasteiger partial charge in [-0.3, -0.25) is 0 Å². The molecule has 0 spiro atoms. The first kappa shape index (κ1) is 17.0. The van der Waals surface area contributed by atoms with Crippen molar-refractivity contribution in [2.75, 3.05) is 6.54 Å². The average molecular weight is 268 g/mol. The molecule has 0 heterocycles. The minimum atomic E-state index is 0.795. The number of nitrogens with one attached hydrogen (secondary N) is 1. The van der Waals surface area contributed by atoms with Gasteiger partial charge in [0.1, 0.15) is 0 Å². The van der Waals surface area contributed by atoms with E-state index in [2.05, 4.69) is 33.0 Å². The van der Waals surface area contributed by atoms with E-state index in [1.807, 2.05) is 0 Å². The summed E-state index contributed by atoms with van der Waals surface area (Å²) < 4.78 is 0. The van der Waals surface area contributed by atoms with Crippen molar-refractivity contribution in [3.05, 3.63) is 0 Å². The number of hydrogen-bond donors (Lipinski definition) is 1. The summed E-state index contributed by atoms with van der Waals surface area (Å²) in [4.78, 5) is 0. The SMILES string of the molecule is CCCCC(CC)CC(NCC)C1CCC(CC)C1. The molecule has 0 bridgehead atoms. The third-order valence-electron chi connectivity index (χ3n) is 5.33. The van der Waals surface area contributed by atoms with Gasteiger partial charge in [0.25, 0.3) is 0 Å². The van der Waals surface area contributed by atoms with Gasteiger partial charge in [-0.05, 0) is 43.6 Å². The van der Waals surface area contributed by atoms with Crippen LogP contribution >= 0.6 is 0 Å². The molecule has 1 fully saturated rings. The van der Waals surface area contributed by atoms with Crippen LogP contribution in [0.3, 0.4) is 0 Å². The molecule has 19 heavy (non-hydrogen) atoms. The molecule has 1 saturated carbocycles. The second-order valence-corrected chi connectivity index (χ2v) is 6.66. The molecule has 1 aliphatic carbocycles. The van der Waals surface area contributed by atoms with Crippen LogP contribution in [0.15, 0.2) is 0 Å². The lowest BCUT2D eigenvalue weighted by atomic mass is 9.85. The molecule has 4 unspecified atom stereocenters. The summed E-state index contributed by atoms with van der Waals surface area (Å²) >= 11 is 0. The molecule has 114 valence electrons. The maximum absolute atomic E-state index is 3.81. The number of rotatable bonds is 10. The summed E-state index contributed by atoms with van der Waals surface area (Å²) in [6.45, 7) is 10.5. The summed E-state index contributed by atoms with van der Waals surface area (Å²) in [6.07, 6.45) is 12.8. The fourth-order valence-corrected chi connectivity index (χ4v) is 3.90. The molecule has 0 aliphatic heterocycles. The van der Waals surface area contributed by atoms with E-state index in [-0.39, 0.29) is 0 Å². The third kappa shape index (κ3) is 5.85. The maximum atomic E-state index is 3.81. The van der Waals surface area contributed by atoms with E-state index < -0.39 is 0 Å². The van der Waals surface area contributed by atoms with Gasteiger partial charge in [0.05, 0.1) is 0 Å². The highest BCUT2D eigenvalue weighted by molar-refractivity contribution is 4.85. The Hall–Kier alpha value is -0.0400. The predicted octanol–water partition coefficient (Wildman–Crippen LogP) is 5.40. The van der Waals surface area contributed by atoms with Crippen LogP contribution in [-0.2, 0) is 0 Å². The highest BCUT2D eigenvalue weighted by Gasteiger charge is 2.30. The Balaban J connectivity index is 2.46. The highest BCUT2D eigenvalue weighted by atomic mass is 14.9. The van der Waals surface area contributed by atoms with Crippen molar-refractivity contribution in [2.24, 2.45) is 17.8 Å². The Labute approximate surface area is 121 Å². The molecule has 1 nitrogen and oxygen atoms in total. The number of unbranched alkanes of at least 4 members (excludes halogenated alkanes) is 1. The van der Waals surface area contributed by atoms with Crippen LogP contribution < -0.4 is 5.32 Å². The fourth-order valence-electron chi connectivity index (χ4n) is 3.90. The Morgan fingerprint density at radius 3 is 2.42 bits per heavy atom. The third-order valence-corrected chi connectivity index (χ3v) is 5.33. The van der Waals surface area contributed by atoms with Crippen molar-refractivity contribution >= 4 is 0 Å². The van der Waals surface area contributed by atoms with Gasteiger partial charge in [-0.15, -0.1) is 0 Å². The first-order chi connectivity index (χ1) is 9.24. The van der Waals surface area contributed by atoms with Gasteiger partial charge in [-0.1, -0.05) is 66.2 Å². The van der Waals surface area contributed by atoms with E-state index >= 15 is 0 Å². The first-order valence-corrected chi connectivity index (χ1v) is 8.98. The molecule has 1 rings (SSSR count). The van der Waals surface area contributed by atoms with E-state index in [1.165, 1.54) is 57.8 Å². The Morgan fingerprint density at radius 2 is 1.89 bits per heavy atom. The second-order valence-electron chi connectivity index (χ2n) is 6.66. The first-order valence-electron chi connectivity index (χ1n) is 8.98. The van der Waals surface area contributed by atoms with E-state index in [4.69, 9.17) is 0 Å². The van der Waals surface area contributed by atoms with Crippen molar-refractivity contribution in [2.45, 2.75) is 91.5 Å². The van der Waals surface area contributed by atoms with Crippen molar-refractivity contribution < 1.29 is 0 Å². The van der Waals surface area contributed by atoms with E-state index in [0.717, 1.165) is 30.3 Å². The highest BCUT2D eigenvalue weighted by Crippen LogP contribution is 2.37. The molecule has 0 saturated heterocycles. The fraction of sp³-hybridized carbons (Fsp3) is 1.00. The van der Waals surface area contributed by atoms with Crippen molar-refractivity contribution in [1.29, 1.82) is 0 Å². The van der Waals surface area contributed by atoms with Gasteiger partial charge in [0.15, 0.2) is 0 Å². The van der Waals surface area contributed by atoms with Gasteiger partial charge in [0.2, 0.25) is 0 Å².